The first-order valence-electron chi connectivity index (χ1n) is 5.18. The molecular weight excluding hydrogens is 240 g/mol. The molecule has 4 nitrogen and oxygen atoms in total. The molecule has 2 aromatic rings. The zero-order valence-electron chi connectivity index (χ0n) is 9.43. The fraction of sp³-hybridized carbons (Fsp3) is 0.250. The van der Waals surface area contributed by atoms with E-state index in [9.17, 15) is 0 Å². The molecule has 0 bridgehead atoms. The molecule has 90 valence electrons. The average Bonchev–Trinajstić information content (AvgIpc) is 2.77. The summed E-state index contributed by atoms with van der Waals surface area (Å²) in [6.45, 7) is 0.482. The third-order valence-corrected chi connectivity index (χ3v) is 2.76. The summed E-state index contributed by atoms with van der Waals surface area (Å²) in [7, 11) is 1.62. The summed E-state index contributed by atoms with van der Waals surface area (Å²) in [6.07, 6.45) is 3.47. The van der Waals surface area contributed by atoms with Gasteiger partial charge in [-0.2, -0.15) is 0 Å². The first-order chi connectivity index (χ1) is 8.24. The van der Waals surface area contributed by atoms with E-state index < -0.39 is 0 Å². The molecule has 0 saturated heterocycles. The van der Waals surface area contributed by atoms with E-state index in [1.165, 1.54) is 0 Å². The number of benzene rings is 1. The van der Waals surface area contributed by atoms with Crippen LogP contribution in [0.1, 0.15) is 11.4 Å². The molecule has 17 heavy (non-hydrogen) atoms. The van der Waals surface area contributed by atoms with Crippen molar-refractivity contribution in [3.8, 4) is 5.75 Å². The van der Waals surface area contributed by atoms with Crippen molar-refractivity contribution < 1.29 is 9.84 Å². The van der Waals surface area contributed by atoms with Crippen molar-refractivity contribution in [3.63, 3.8) is 0 Å². The van der Waals surface area contributed by atoms with Crippen molar-refractivity contribution in [2.24, 2.45) is 0 Å². The molecule has 0 unspecified atom stereocenters. The third-order valence-electron chi connectivity index (χ3n) is 2.53. The Labute approximate surface area is 104 Å². The SMILES string of the molecule is COc1ccc(Cl)cc1Cn1ccnc1CO. The second-order valence-electron chi connectivity index (χ2n) is 3.59. The predicted octanol–water partition coefficient (Wildman–Crippen LogP) is 2.09. The fourth-order valence-corrected chi connectivity index (χ4v) is 1.88. The van der Waals surface area contributed by atoms with Gasteiger partial charge in [-0.25, -0.2) is 4.98 Å². The van der Waals surface area contributed by atoms with E-state index in [4.69, 9.17) is 21.4 Å². The second-order valence-corrected chi connectivity index (χ2v) is 4.02. The number of imidazole rings is 1. The second kappa shape index (κ2) is 5.21. The summed E-state index contributed by atoms with van der Waals surface area (Å²) < 4.78 is 7.12. The number of aliphatic hydroxyl groups is 1. The van der Waals surface area contributed by atoms with Crippen molar-refractivity contribution in [3.05, 3.63) is 47.0 Å². The minimum absolute atomic E-state index is 0.0874. The van der Waals surface area contributed by atoms with Crippen LogP contribution in [0.25, 0.3) is 0 Å². The lowest BCUT2D eigenvalue weighted by atomic mass is 10.2. The molecular formula is C12H13ClN2O2. The van der Waals surface area contributed by atoms with Crippen LogP contribution >= 0.6 is 11.6 Å². The maximum atomic E-state index is 9.13. The van der Waals surface area contributed by atoms with Crippen molar-refractivity contribution >= 4 is 11.6 Å². The maximum Gasteiger partial charge on any atom is 0.134 e. The zero-order valence-corrected chi connectivity index (χ0v) is 10.2. The molecule has 0 saturated carbocycles. The lowest BCUT2D eigenvalue weighted by molar-refractivity contribution is 0.266. The molecule has 0 spiro atoms. The Balaban J connectivity index is 2.32. The van der Waals surface area contributed by atoms with Crippen LogP contribution in [0.4, 0.5) is 0 Å². The number of ether oxygens (including phenoxy) is 1. The number of methoxy groups -OCH3 is 1. The van der Waals surface area contributed by atoms with Gasteiger partial charge in [0.05, 0.1) is 13.7 Å². The lowest BCUT2D eigenvalue weighted by Crippen LogP contribution is -2.05. The topological polar surface area (TPSA) is 47.3 Å². The van der Waals surface area contributed by atoms with Gasteiger partial charge in [0, 0.05) is 23.0 Å². The van der Waals surface area contributed by atoms with Crippen LogP contribution < -0.4 is 4.74 Å². The Morgan fingerprint density at radius 2 is 2.29 bits per heavy atom. The molecule has 5 heteroatoms. The molecule has 2 rings (SSSR count). The first-order valence-corrected chi connectivity index (χ1v) is 5.55. The van der Waals surface area contributed by atoms with E-state index in [0.717, 1.165) is 11.3 Å². The fourth-order valence-electron chi connectivity index (χ4n) is 1.69. The molecule has 1 heterocycles. The standard InChI is InChI=1S/C12H13ClN2O2/c1-17-11-3-2-10(13)6-9(11)7-15-5-4-14-12(15)8-16/h2-6,16H,7-8H2,1H3. The molecule has 1 aromatic carbocycles. The molecule has 0 radical (unpaired) electrons. The summed E-state index contributed by atoms with van der Waals surface area (Å²) in [5.41, 5.74) is 0.952. The van der Waals surface area contributed by atoms with E-state index in [2.05, 4.69) is 4.98 Å². The highest BCUT2D eigenvalue weighted by molar-refractivity contribution is 6.30. The molecule has 1 aromatic heterocycles. The van der Waals surface area contributed by atoms with Gasteiger partial charge >= 0.3 is 0 Å². The minimum atomic E-state index is -0.0874. The van der Waals surface area contributed by atoms with E-state index in [-0.39, 0.29) is 6.61 Å². The molecule has 0 aliphatic carbocycles. The van der Waals surface area contributed by atoms with Crippen molar-refractivity contribution in [2.45, 2.75) is 13.2 Å². The number of nitrogens with zero attached hydrogens (tertiary/aromatic N) is 2. The van der Waals surface area contributed by atoms with Gasteiger partial charge in [-0.15, -0.1) is 0 Å². The molecule has 0 aliphatic heterocycles. The number of halogens is 1. The van der Waals surface area contributed by atoms with E-state index in [1.54, 1.807) is 19.4 Å². The zero-order chi connectivity index (χ0) is 12.3. The van der Waals surface area contributed by atoms with Crippen LogP contribution in [-0.2, 0) is 13.2 Å². The van der Waals surface area contributed by atoms with Crippen molar-refractivity contribution in [2.75, 3.05) is 7.11 Å². The van der Waals surface area contributed by atoms with Gasteiger partial charge in [-0.1, -0.05) is 11.6 Å². The monoisotopic (exact) mass is 252 g/mol. The van der Waals surface area contributed by atoms with Gasteiger partial charge in [0.15, 0.2) is 0 Å². The van der Waals surface area contributed by atoms with Crippen molar-refractivity contribution in [1.82, 2.24) is 9.55 Å². The highest BCUT2D eigenvalue weighted by Gasteiger charge is 2.07. The lowest BCUT2D eigenvalue weighted by Gasteiger charge is -2.11. The average molecular weight is 253 g/mol. The summed E-state index contributed by atoms with van der Waals surface area (Å²) in [5, 5.41) is 9.78. The highest BCUT2D eigenvalue weighted by Crippen LogP contribution is 2.23. The van der Waals surface area contributed by atoms with Gasteiger partial charge in [0.1, 0.15) is 18.2 Å². The van der Waals surface area contributed by atoms with Crippen LogP contribution in [0, 0.1) is 0 Å². The Morgan fingerprint density at radius 3 is 3.00 bits per heavy atom. The molecule has 1 N–H and O–H groups in total. The number of aromatic nitrogens is 2. The molecule has 0 fully saturated rings. The van der Waals surface area contributed by atoms with Crippen LogP contribution in [0.3, 0.4) is 0 Å². The Morgan fingerprint density at radius 1 is 1.47 bits per heavy atom. The van der Waals surface area contributed by atoms with Gasteiger partial charge in [-0.05, 0) is 18.2 Å². The molecule has 0 aliphatic rings. The third kappa shape index (κ3) is 2.60. The van der Waals surface area contributed by atoms with Crippen LogP contribution in [0.5, 0.6) is 5.75 Å². The van der Waals surface area contributed by atoms with Crippen LogP contribution in [0.15, 0.2) is 30.6 Å². The van der Waals surface area contributed by atoms with Gasteiger partial charge in [-0.3, -0.25) is 0 Å². The number of rotatable bonds is 4. The highest BCUT2D eigenvalue weighted by atomic mass is 35.5. The predicted molar refractivity (Wildman–Crippen MR) is 65.3 cm³/mol. The van der Waals surface area contributed by atoms with Crippen LogP contribution in [0.2, 0.25) is 5.02 Å². The molecule has 0 atom stereocenters. The summed E-state index contributed by atoms with van der Waals surface area (Å²) >= 11 is 5.96. The Kier molecular flexibility index (Phi) is 3.66. The van der Waals surface area contributed by atoms with E-state index >= 15 is 0 Å². The minimum Gasteiger partial charge on any atom is -0.496 e. The normalized spacial score (nSPS) is 10.5. The summed E-state index contributed by atoms with van der Waals surface area (Å²) in [4.78, 5) is 4.05. The van der Waals surface area contributed by atoms with Crippen molar-refractivity contribution in [1.29, 1.82) is 0 Å². The van der Waals surface area contributed by atoms with E-state index in [0.29, 0.717) is 17.4 Å². The number of aliphatic hydroxyl groups excluding tert-OH is 1. The van der Waals surface area contributed by atoms with Gasteiger partial charge < -0.3 is 14.4 Å². The Hall–Kier alpha value is -1.52. The Bertz CT molecular complexity index is 511. The van der Waals surface area contributed by atoms with Crippen LogP contribution in [-0.4, -0.2) is 21.8 Å². The largest absolute Gasteiger partial charge is 0.496 e. The smallest absolute Gasteiger partial charge is 0.134 e. The first kappa shape index (κ1) is 12.0. The summed E-state index contributed by atoms with van der Waals surface area (Å²) in [5.74, 6) is 1.39. The number of hydrogen-bond acceptors (Lipinski definition) is 3. The molecule has 0 amide bonds. The summed E-state index contributed by atoms with van der Waals surface area (Å²) in [6, 6.07) is 5.46. The quantitative estimate of drug-likeness (QED) is 0.906. The van der Waals surface area contributed by atoms with Gasteiger partial charge in [0.25, 0.3) is 0 Å². The maximum absolute atomic E-state index is 9.13. The van der Waals surface area contributed by atoms with E-state index in [1.807, 2.05) is 22.9 Å². The van der Waals surface area contributed by atoms with Gasteiger partial charge in [0.2, 0.25) is 0 Å². The number of hydrogen-bond donors (Lipinski definition) is 1.